The Morgan fingerprint density at radius 3 is 2.80 bits per heavy atom. The number of aliphatic hydroxyl groups excluding tert-OH is 1. The van der Waals surface area contributed by atoms with Gasteiger partial charge in [0.2, 0.25) is 10.0 Å². The van der Waals surface area contributed by atoms with E-state index in [9.17, 15) is 8.42 Å². The molecular formula is C9H18ClNO3S. The largest absolute Gasteiger partial charge is 0.395 e. The maximum absolute atomic E-state index is 11.9. The van der Waals surface area contributed by atoms with Crippen LogP contribution < -0.4 is 0 Å². The van der Waals surface area contributed by atoms with Crippen LogP contribution in [0.5, 0.6) is 0 Å². The summed E-state index contributed by atoms with van der Waals surface area (Å²) in [5.74, 6) is 0.376. The minimum atomic E-state index is -3.24. The smallest absolute Gasteiger partial charge is 0.214 e. The highest BCUT2D eigenvalue weighted by Crippen LogP contribution is 2.22. The first kappa shape index (κ1) is 13.2. The topological polar surface area (TPSA) is 57.6 Å². The van der Waals surface area contributed by atoms with E-state index in [1.807, 2.05) is 6.92 Å². The highest BCUT2D eigenvalue weighted by Gasteiger charge is 2.34. The van der Waals surface area contributed by atoms with Crippen LogP contribution in [0.15, 0.2) is 0 Å². The molecule has 0 aliphatic carbocycles. The predicted octanol–water partition coefficient (Wildman–Crippen LogP) is 0.648. The van der Waals surface area contributed by atoms with E-state index in [1.165, 1.54) is 4.31 Å². The van der Waals surface area contributed by atoms with Gasteiger partial charge in [0.1, 0.15) is 0 Å². The minimum Gasteiger partial charge on any atom is -0.395 e. The van der Waals surface area contributed by atoms with Crippen molar-refractivity contribution in [1.82, 2.24) is 4.31 Å². The van der Waals surface area contributed by atoms with Gasteiger partial charge in [-0.15, -0.1) is 11.6 Å². The summed E-state index contributed by atoms with van der Waals surface area (Å²) >= 11 is 5.60. The van der Waals surface area contributed by atoms with Gasteiger partial charge in [-0.25, -0.2) is 8.42 Å². The Balaban J connectivity index is 2.68. The van der Waals surface area contributed by atoms with Gasteiger partial charge in [0, 0.05) is 18.5 Å². The summed E-state index contributed by atoms with van der Waals surface area (Å²) in [6.07, 6.45) is 1.59. The first-order valence-electron chi connectivity index (χ1n) is 5.17. The average Bonchev–Trinajstić information content (AvgIpc) is 2.65. The molecule has 1 heterocycles. The Morgan fingerprint density at radius 2 is 2.27 bits per heavy atom. The van der Waals surface area contributed by atoms with Crippen molar-refractivity contribution in [2.45, 2.75) is 25.8 Å². The Hall–Kier alpha value is 0.160. The number of hydrogen-bond acceptors (Lipinski definition) is 3. The minimum absolute atomic E-state index is 0.0448. The molecule has 0 amide bonds. The zero-order valence-electron chi connectivity index (χ0n) is 8.89. The van der Waals surface area contributed by atoms with Crippen molar-refractivity contribution in [2.75, 3.05) is 24.8 Å². The third-order valence-corrected chi connectivity index (χ3v) is 5.36. The van der Waals surface area contributed by atoms with Crippen LogP contribution in [0.2, 0.25) is 0 Å². The number of aliphatic hydroxyl groups is 1. The molecule has 1 saturated heterocycles. The third kappa shape index (κ3) is 3.31. The van der Waals surface area contributed by atoms with Gasteiger partial charge < -0.3 is 5.11 Å². The van der Waals surface area contributed by atoms with Crippen molar-refractivity contribution in [2.24, 2.45) is 5.92 Å². The van der Waals surface area contributed by atoms with E-state index < -0.39 is 10.0 Å². The number of rotatable bonds is 5. The molecule has 1 unspecified atom stereocenters. The molecule has 4 nitrogen and oxygen atoms in total. The van der Waals surface area contributed by atoms with Crippen LogP contribution in [0.3, 0.4) is 0 Å². The molecule has 15 heavy (non-hydrogen) atoms. The molecule has 1 N–H and O–H groups in total. The van der Waals surface area contributed by atoms with E-state index >= 15 is 0 Å². The number of nitrogens with zero attached hydrogens (tertiary/aromatic N) is 1. The molecule has 0 spiro atoms. The Morgan fingerprint density at radius 1 is 1.60 bits per heavy atom. The molecule has 1 fully saturated rings. The van der Waals surface area contributed by atoms with Gasteiger partial charge in [-0.3, -0.25) is 0 Å². The molecule has 1 aliphatic rings. The molecule has 6 heteroatoms. The summed E-state index contributed by atoms with van der Waals surface area (Å²) in [5.41, 5.74) is 0. The van der Waals surface area contributed by atoms with Gasteiger partial charge in [-0.05, 0) is 18.8 Å². The number of alkyl halides is 1. The van der Waals surface area contributed by atoms with E-state index in [2.05, 4.69) is 0 Å². The van der Waals surface area contributed by atoms with Crippen molar-refractivity contribution in [3.8, 4) is 0 Å². The van der Waals surface area contributed by atoms with Crippen molar-refractivity contribution in [1.29, 1.82) is 0 Å². The van der Waals surface area contributed by atoms with E-state index in [0.29, 0.717) is 12.4 Å². The van der Waals surface area contributed by atoms with E-state index in [-0.39, 0.29) is 24.3 Å². The summed E-state index contributed by atoms with van der Waals surface area (Å²) in [4.78, 5) is 0. The van der Waals surface area contributed by atoms with Crippen LogP contribution >= 0.6 is 11.6 Å². The van der Waals surface area contributed by atoms with Gasteiger partial charge in [-0.1, -0.05) is 6.92 Å². The van der Waals surface area contributed by atoms with E-state index in [0.717, 1.165) is 12.8 Å². The lowest BCUT2D eigenvalue weighted by atomic mass is 10.2. The highest BCUT2D eigenvalue weighted by atomic mass is 35.5. The van der Waals surface area contributed by atoms with Crippen molar-refractivity contribution < 1.29 is 13.5 Å². The zero-order valence-corrected chi connectivity index (χ0v) is 10.5. The predicted molar refractivity (Wildman–Crippen MR) is 60.5 cm³/mol. The van der Waals surface area contributed by atoms with Crippen LogP contribution in [0, 0.1) is 5.92 Å². The summed E-state index contributed by atoms with van der Waals surface area (Å²) in [6, 6.07) is -0.225. The second kappa shape index (κ2) is 5.48. The number of sulfonamides is 1. The van der Waals surface area contributed by atoms with Crippen LogP contribution in [0.1, 0.15) is 19.8 Å². The summed E-state index contributed by atoms with van der Waals surface area (Å²) < 4.78 is 25.3. The zero-order chi connectivity index (χ0) is 11.5. The standard InChI is InChI=1S/C9H18ClNO3S/c1-8(5-10)7-15(13,14)11-4-2-3-9(11)6-12/h8-9,12H,2-7H2,1H3/t8?,9-/m1/s1. The monoisotopic (exact) mass is 255 g/mol. The van der Waals surface area contributed by atoms with Crippen molar-refractivity contribution in [3.05, 3.63) is 0 Å². The second-order valence-electron chi connectivity index (χ2n) is 4.13. The lowest BCUT2D eigenvalue weighted by Gasteiger charge is -2.23. The van der Waals surface area contributed by atoms with Gasteiger partial charge in [-0.2, -0.15) is 4.31 Å². The molecule has 0 radical (unpaired) electrons. The molecule has 0 bridgehead atoms. The fraction of sp³-hybridized carbons (Fsp3) is 1.00. The van der Waals surface area contributed by atoms with Crippen LogP contribution in [0.25, 0.3) is 0 Å². The molecule has 0 aromatic carbocycles. The van der Waals surface area contributed by atoms with Crippen LogP contribution in [-0.2, 0) is 10.0 Å². The van der Waals surface area contributed by atoms with E-state index in [1.54, 1.807) is 0 Å². The lowest BCUT2D eigenvalue weighted by Crippen LogP contribution is -2.40. The van der Waals surface area contributed by atoms with Crippen molar-refractivity contribution in [3.63, 3.8) is 0 Å². The molecule has 1 rings (SSSR count). The molecule has 1 aliphatic heterocycles. The molecule has 2 atom stereocenters. The Bertz CT molecular complexity index is 294. The lowest BCUT2D eigenvalue weighted by molar-refractivity contribution is 0.213. The maximum atomic E-state index is 11.9. The summed E-state index contributed by atoms with van der Waals surface area (Å²) in [6.45, 7) is 2.26. The van der Waals surface area contributed by atoms with Gasteiger partial charge >= 0.3 is 0 Å². The molecular weight excluding hydrogens is 238 g/mol. The fourth-order valence-corrected chi connectivity index (χ4v) is 4.16. The molecule has 90 valence electrons. The first-order chi connectivity index (χ1) is 7.01. The Labute approximate surface area is 96.3 Å². The molecule has 0 aromatic heterocycles. The molecule has 0 saturated carbocycles. The van der Waals surface area contributed by atoms with Crippen molar-refractivity contribution >= 4 is 21.6 Å². The normalized spacial score (nSPS) is 25.7. The number of halogens is 1. The quantitative estimate of drug-likeness (QED) is 0.734. The summed E-state index contributed by atoms with van der Waals surface area (Å²) in [5, 5.41) is 9.06. The van der Waals surface area contributed by atoms with Gasteiger partial charge in [0.05, 0.1) is 12.4 Å². The molecule has 0 aromatic rings. The number of hydrogen-bond donors (Lipinski definition) is 1. The van der Waals surface area contributed by atoms with Gasteiger partial charge in [0.25, 0.3) is 0 Å². The highest BCUT2D eigenvalue weighted by molar-refractivity contribution is 7.89. The van der Waals surface area contributed by atoms with Crippen LogP contribution in [0.4, 0.5) is 0 Å². The van der Waals surface area contributed by atoms with Gasteiger partial charge in [0.15, 0.2) is 0 Å². The SMILES string of the molecule is CC(CCl)CS(=O)(=O)N1CCC[C@@H]1CO. The second-order valence-corrected chi connectivity index (χ2v) is 6.40. The average molecular weight is 256 g/mol. The third-order valence-electron chi connectivity index (χ3n) is 2.65. The van der Waals surface area contributed by atoms with E-state index in [4.69, 9.17) is 16.7 Å². The fourth-order valence-electron chi connectivity index (χ4n) is 1.86. The first-order valence-corrected chi connectivity index (χ1v) is 7.32. The Kier molecular flexibility index (Phi) is 4.83. The maximum Gasteiger partial charge on any atom is 0.214 e. The summed E-state index contributed by atoms with van der Waals surface area (Å²) in [7, 11) is -3.24. The van der Waals surface area contributed by atoms with Crippen LogP contribution in [-0.4, -0.2) is 48.7 Å².